The number of hydrogen-bond acceptors (Lipinski definition) is 5. The summed E-state index contributed by atoms with van der Waals surface area (Å²) >= 11 is 0. The number of guanidine groups is 1. The number of nitrogens with zero attached hydrogens (tertiary/aromatic N) is 5. The fourth-order valence-corrected chi connectivity index (χ4v) is 3.69. The van der Waals surface area contributed by atoms with Crippen LogP contribution in [-0.4, -0.2) is 77.2 Å². The maximum absolute atomic E-state index is 12.6. The van der Waals surface area contributed by atoms with Crippen LogP contribution < -0.4 is 10.6 Å². The van der Waals surface area contributed by atoms with Gasteiger partial charge in [-0.1, -0.05) is 0 Å². The zero-order valence-corrected chi connectivity index (χ0v) is 19.0. The smallest absolute Gasteiger partial charge is 0.377 e. The summed E-state index contributed by atoms with van der Waals surface area (Å²) in [5.74, 6) is 2.27. The maximum Gasteiger partial charge on any atom is 0.401 e. The Morgan fingerprint density at radius 2 is 1.97 bits per heavy atom. The summed E-state index contributed by atoms with van der Waals surface area (Å²) in [4.78, 5) is 10.4. The molecular weight excluding hydrogens is 502 g/mol. The summed E-state index contributed by atoms with van der Waals surface area (Å²) in [6, 6.07) is 0.0917. The molecule has 0 bridgehead atoms. The van der Waals surface area contributed by atoms with Gasteiger partial charge < -0.3 is 15.4 Å². The normalized spacial score (nSPS) is 22.9. The fraction of sp³-hybridized carbons (Fsp3) is 0.824. The van der Waals surface area contributed by atoms with E-state index in [0.717, 1.165) is 18.7 Å². The molecule has 1 aromatic rings. The SMILES string of the molecule is CCN=C(NC1CCN(CC(F)(F)F)C1)NC1CCc2nc(COC)nn2C1.I. The molecule has 0 aliphatic carbocycles. The predicted octanol–water partition coefficient (Wildman–Crippen LogP) is 1.55. The lowest BCUT2D eigenvalue weighted by molar-refractivity contribution is -0.143. The molecular formula is C17H29F3IN7O. The summed E-state index contributed by atoms with van der Waals surface area (Å²) in [6.45, 7) is 3.52. The van der Waals surface area contributed by atoms with Gasteiger partial charge in [0, 0.05) is 45.2 Å². The third-order valence-corrected chi connectivity index (χ3v) is 4.85. The lowest BCUT2D eigenvalue weighted by Crippen LogP contribution is -2.50. The Kier molecular flexibility index (Phi) is 8.94. The van der Waals surface area contributed by atoms with Gasteiger partial charge in [0.25, 0.3) is 0 Å². The van der Waals surface area contributed by atoms with E-state index in [2.05, 4.69) is 25.7 Å². The number of ether oxygens (including phenoxy) is 1. The maximum atomic E-state index is 12.6. The minimum Gasteiger partial charge on any atom is -0.377 e. The summed E-state index contributed by atoms with van der Waals surface area (Å²) in [5.41, 5.74) is 0. The molecule has 0 spiro atoms. The molecule has 166 valence electrons. The van der Waals surface area contributed by atoms with E-state index >= 15 is 0 Å². The van der Waals surface area contributed by atoms with Gasteiger partial charge in [0.1, 0.15) is 12.4 Å². The molecule has 1 saturated heterocycles. The molecule has 29 heavy (non-hydrogen) atoms. The standard InChI is InChI=1S/C17H28F3N7O.HI/c1-3-21-16(23-13-6-7-26(8-13)11-17(18,19)20)22-12-4-5-15-24-14(10-28-2)25-27(15)9-12;/h12-13H,3-11H2,1-2H3,(H2,21,22,23);1H. The lowest BCUT2D eigenvalue weighted by atomic mass is 10.1. The first-order valence-electron chi connectivity index (χ1n) is 9.64. The molecule has 3 heterocycles. The Bertz CT molecular complexity index is 682. The minimum absolute atomic E-state index is 0. The Labute approximate surface area is 185 Å². The zero-order valence-electron chi connectivity index (χ0n) is 16.7. The number of halogens is 4. The number of methoxy groups -OCH3 is 1. The third-order valence-electron chi connectivity index (χ3n) is 4.85. The van der Waals surface area contributed by atoms with E-state index in [0.29, 0.717) is 51.0 Å². The molecule has 2 N–H and O–H groups in total. The molecule has 12 heteroatoms. The number of aliphatic imine (C=N–C) groups is 1. The molecule has 2 aliphatic heterocycles. The molecule has 2 aliphatic rings. The molecule has 0 amide bonds. The second-order valence-corrected chi connectivity index (χ2v) is 7.24. The van der Waals surface area contributed by atoms with E-state index in [1.54, 1.807) is 7.11 Å². The van der Waals surface area contributed by atoms with Crippen molar-refractivity contribution in [2.45, 2.75) is 57.6 Å². The highest BCUT2D eigenvalue weighted by Gasteiger charge is 2.34. The van der Waals surface area contributed by atoms with Crippen LogP contribution in [-0.2, 0) is 24.3 Å². The molecule has 2 unspecified atom stereocenters. The van der Waals surface area contributed by atoms with E-state index in [4.69, 9.17) is 4.74 Å². The molecule has 3 rings (SSSR count). The third kappa shape index (κ3) is 7.24. The number of likely N-dealkylation sites (tertiary alicyclic amines) is 1. The van der Waals surface area contributed by atoms with Crippen molar-refractivity contribution in [2.24, 2.45) is 4.99 Å². The summed E-state index contributed by atoms with van der Waals surface area (Å²) in [6.07, 6.45) is -1.80. The van der Waals surface area contributed by atoms with Crippen LogP contribution in [0.2, 0.25) is 0 Å². The second-order valence-electron chi connectivity index (χ2n) is 7.24. The monoisotopic (exact) mass is 531 g/mol. The van der Waals surface area contributed by atoms with Crippen LogP contribution >= 0.6 is 24.0 Å². The zero-order chi connectivity index (χ0) is 20.1. The number of hydrogen-bond donors (Lipinski definition) is 2. The van der Waals surface area contributed by atoms with Crippen molar-refractivity contribution >= 4 is 29.9 Å². The van der Waals surface area contributed by atoms with Gasteiger partial charge in [-0.05, 0) is 19.8 Å². The Balaban J connectivity index is 0.00000300. The van der Waals surface area contributed by atoms with Crippen LogP contribution in [0.25, 0.3) is 0 Å². The van der Waals surface area contributed by atoms with Crippen molar-refractivity contribution in [3.05, 3.63) is 11.6 Å². The van der Waals surface area contributed by atoms with Crippen molar-refractivity contribution in [1.29, 1.82) is 0 Å². The van der Waals surface area contributed by atoms with Gasteiger partial charge in [-0.15, -0.1) is 24.0 Å². The number of nitrogens with one attached hydrogen (secondary N) is 2. The summed E-state index contributed by atoms with van der Waals surface area (Å²) in [5, 5.41) is 11.2. The molecule has 0 radical (unpaired) electrons. The number of aromatic nitrogens is 3. The van der Waals surface area contributed by atoms with Crippen LogP contribution in [0.5, 0.6) is 0 Å². The number of aryl methyl sites for hydroxylation is 1. The van der Waals surface area contributed by atoms with Crippen molar-refractivity contribution in [1.82, 2.24) is 30.3 Å². The second kappa shape index (κ2) is 10.8. The van der Waals surface area contributed by atoms with Crippen LogP contribution in [0.3, 0.4) is 0 Å². The van der Waals surface area contributed by atoms with Gasteiger partial charge in [0.2, 0.25) is 0 Å². The van der Waals surface area contributed by atoms with E-state index in [-0.39, 0.29) is 36.1 Å². The average molecular weight is 531 g/mol. The van der Waals surface area contributed by atoms with Crippen molar-refractivity contribution < 1.29 is 17.9 Å². The molecule has 2 atom stereocenters. The first kappa shape index (κ1) is 24.1. The predicted molar refractivity (Wildman–Crippen MR) is 113 cm³/mol. The van der Waals surface area contributed by atoms with E-state index in [1.807, 2.05) is 11.6 Å². The average Bonchev–Trinajstić information content (AvgIpc) is 3.19. The van der Waals surface area contributed by atoms with Crippen molar-refractivity contribution in [2.75, 3.05) is 33.3 Å². The highest BCUT2D eigenvalue weighted by molar-refractivity contribution is 14.0. The first-order valence-corrected chi connectivity index (χ1v) is 9.64. The lowest BCUT2D eigenvalue weighted by Gasteiger charge is -2.27. The van der Waals surface area contributed by atoms with Gasteiger partial charge in [0.05, 0.1) is 13.1 Å². The molecule has 1 fully saturated rings. The van der Waals surface area contributed by atoms with Gasteiger partial charge >= 0.3 is 6.18 Å². The Morgan fingerprint density at radius 3 is 2.62 bits per heavy atom. The quantitative estimate of drug-likeness (QED) is 0.330. The van der Waals surface area contributed by atoms with Crippen molar-refractivity contribution in [3.63, 3.8) is 0 Å². The van der Waals surface area contributed by atoms with Gasteiger partial charge in [-0.2, -0.15) is 18.3 Å². The first-order chi connectivity index (χ1) is 13.4. The Hall–Kier alpha value is -1.15. The van der Waals surface area contributed by atoms with Crippen LogP contribution in [0, 0.1) is 0 Å². The van der Waals surface area contributed by atoms with Gasteiger partial charge in [-0.25, -0.2) is 9.67 Å². The van der Waals surface area contributed by atoms with Crippen LogP contribution in [0.4, 0.5) is 13.2 Å². The largest absolute Gasteiger partial charge is 0.401 e. The molecule has 0 saturated carbocycles. The minimum atomic E-state index is -4.16. The van der Waals surface area contributed by atoms with E-state index in [9.17, 15) is 13.2 Å². The van der Waals surface area contributed by atoms with Crippen molar-refractivity contribution in [3.8, 4) is 0 Å². The highest BCUT2D eigenvalue weighted by Crippen LogP contribution is 2.20. The molecule has 8 nitrogen and oxygen atoms in total. The summed E-state index contributed by atoms with van der Waals surface area (Å²) in [7, 11) is 1.61. The van der Waals surface area contributed by atoms with Gasteiger partial charge in [-0.3, -0.25) is 9.89 Å². The van der Waals surface area contributed by atoms with E-state index in [1.165, 1.54) is 4.90 Å². The number of fused-ring (bicyclic) bond motifs is 1. The Morgan fingerprint density at radius 1 is 1.24 bits per heavy atom. The fourth-order valence-electron chi connectivity index (χ4n) is 3.69. The molecule has 0 aromatic carbocycles. The van der Waals surface area contributed by atoms with Crippen LogP contribution in [0.1, 0.15) is 31.4 Å². The highest BCUT2D eigenvalue weighted by atomic mass is 127. The van der Waals surface area contributed by atoms with Gasteiger partial charge in [0.15, 0.2) is 11.8 Å². The van der Waals surface area contributed by atoms with Crippen LogP contribution in [0.15, 0.2) is 4.99 Å². The number of alkyl halides is 3. The van der Waals surface area contributed by atoms with E-state index < -0.39 is 12.7 Å². The molecule has 1 aromatic heterocycles. The number of rotatable bonds is 6. The summed E-state index contributed by atoms with van der Waals surface area (Å²) < 4.78 is 44.7. The topological polar surface area (TPSA) is 79.6 Å².